The first-order chi connectivity index (χ1) is 13.5. The van der Waals surface area contributed by atoms with Crippen LogP contribution in [0.5, 0.6) is 17.2 Å². The molecule has 2 aromatic heterocycles. The summed E-state index contributed by atoms with van der Waals surface area (Å²) in [7, 11) is 4.67. The van der Waals surface area contributed by atoms with E-state index in [9.17, 15) is 0 Å². The van der Waals surface area contributed by atoms with Gasteiger partial charge in [0.2, 0.25) is 10.7 Å². The van der Waals surface area contributed by atoms with Crippen molar-refractivity contribution < 1.29 is 14.2 Å². The van der Waals surface area contributed by atoms with Gasteiger partial charge in [0.1, 0.15) is 5.01 Å². The number of nitrogens with zero attached hydrogens (tertiary/aromatic N) is 4. The maximum Gasteiger partial charge on any atom is 0.235 e. The van der Waals surface area contributed by atoms with Gasteiger partial charge >= 0.3 is 0 Å². The van der Waals surface area contributed by atoms with E-state index < -0.39 is 0 Å². The molecule has 28 heavy (non-hydrogen) atoms. The monoisotopic (exact) mass is 436 g/mol. The topological polar surface area (TPSA) is 70.8 Å². The summed E-state index contributed by atoms with van der Waals surface area (Å²) in [6, 6.07) is 8.83. The minimum atomic E-state index is 0.499. The quantitative estimate of drug-likeness (QED) is 0.445. The molecule has 144 valence electrons. The highest BCUT2D eigenvalue weighted by Gasteiger charge is 2.20. The van der Waals surface area contributed by atoms with Crippen LogP contribution in [-0.4, -0.2) is 41.1 Å². The third-order valence-electron chi connectivity index (χ3n) is 4.07. The predicted molar refractivity (Wildman–Crippen MR) is 109 cm³/mol. The zero-order chi connectivity index (χ0) is 19.8. The van der Waals surface area contributed by atoms with Crippen LogP contribution in [0.2, 0.25) is 10.0 Å². The van der Waals surface area contributed by atoms with Gasteiger partial charge in [0, 0.05) is 16.1 Å². The fraction of sp³-hybridized carbons (Fsp3) is 0.167. The van der Waals surface area contributed by atoms with Gasteiger partial charge in [0.05, 0.1) is 26.4 Å². The largest absolute Gasteiger partial charge is 0.493 e. The molecule has 0 atom stereocenters. The molecule has 0 saturated heterocycles. The summed E-state index contributed by atoms with van der Waals surface area (Å²) in [4.78, 5) is 0.620. The van der Waals surface area contributed by atoms with Gasteiger partial charge in [-0.1, -0.05) is 34.5 Å². The second-order valence-electron chi connectivity index (χ2n) is 5.66. The highest BCUT2D eigenvalue weighted by atomic mass is 35.5. The third kappa shape index (κ3) is 3.13. The number of hydrogen-bond acceptors (Lipinski definition) is 7. The molecule has 0 radical (unpaired) electrons. The lowest BCUT2D eigenvalue weighted by Crippen LogP contribution is -1.97. The first-order valence-electron chi connectivity index (χ1n) is 8.03. The molecule has 0 fully saturated rings. The number of halogens is 2. The minimum absolute atomic E-state index is 0.499. The number of methoxy groups -OCH3 is 3. The SMILES string of the molecule is COc1cc(-c2nnc3sc(-c4cc(Cl)ccc4Cl)nn23)cc(OC)c1OC. The van der Waals surface area contributed by atoms with Gasteiger partial charge < -0.3 is 14.2 Å². The van der Waals surface area contributed by atoms with Crippen molar-refractivity contribution in [3.63, 3.8) is 0 Å². The number of fused-ring (bicyclic) bond motifs is 1. The summed E-state index contributed by atoms with van der Waals surface area (Å²) in [5, 5.41) is 14.9. The molecule has 2 aromatic carbocycles. The molecule has 0 aliphatic rings. The molecular formula is C18H14Cl2N4O3S. The lowest BCUT2D eigenvalue weighted by molar-refractivity contribution is 0.324. The van der Waals surface area contributed by atoms with Crippen LogP contribution in [0.15, 0.2) is 30.3 Å². The lowest BCUT2D eigenvalue weighted by atomic mass is 10.1. The van der Waals surface area contributed by atoms with Crippen molar-refractivity contribution in [3.8, 4) is 39.2 Å². The Kier molecular flexibility index (Phi) is 5.01. The number of aromatic nitrogens is 4. The molecule has 0 aliphatic heterocycles. The van der Waals surface area contributed by atoms with Crippen molar-refractivity contribution in [1.82, 2.24) is 19.8 Å². The number of rotatable bonds is 5. The summed E-state index contributed by atoms with van der Waals surface area (Å²) >= 11 is 13.8. The number of ether oxygens (including phenoxy) is 3. The lowest BCUT2D eigenvalue weighted by Gasteiger charge is -2.13. The highest BCUT2D eigenvalue weighted by Crippen LogP contribution is 2.41. The molecule has 0 amide bonds. The highest BCUT2D eigenvalue weighted by molar-refractivity contribution is 7.19. The summed E-state index contributed by atoms with van der Waals surface area (Å²) in [5.74, 6) is 2.07. The van der Waals surface area contributed by atoms with Crippen LogP contribution in [0, 0.1) is 0 Å². The normalized spacial score (nSPS) is 11.0. The standard InChI is InChI=1S/C18H14Cl2N4O3S/c1-25-13-6-9(7-14(26-2)15(13)27-3)16-21-22-18-24(16)23-17(28-18)11-8-10(19)4-5-12(11)20/h4-8H,1-3H3. The van der Waals surface area contributed by atoms with E-state index >= 15 is 0 Å². The van der Waals surface area contributed by atoms with E-state index in [1.165, 1.54) is 11.3 Å². The van der Waals surface area contributed by atoms with Gasteiger partial charge in [-0.05, 0) is 30.3 Å². The van der Waals surface area contributed by atoms with Crippen molar-refractivity contribution >= 4 is 39.5 Å². The smallest absolute Gasteiger partial charge is 0.235 e. The van der Waals surface area contributed by atoms with Gasteiger partial charge in [0.25, 0.3) is 0 Å². The fourth-order valence-corrected chi connectivity index (χ4v) is 4.08. The number of benzene rings is 2. The molecule has 10 heteroatoms. The van der Waals surface area contributed by atoms with Crippen LogP contribution in [0.4, 0.5) is 0 Å². The van der Waals surface area contributed by atoms with Crippen molar-refractivity contribution in [3.05, 3.63) is 40.4 Å². The van der Waals surface area contributed by atoms with Crippen molar-refractivity contribution in [1.29, 1.82) is 0 Å². The average molecular weight is 437 g/mol. The molecule has 0 aliphatic carbocycles. The van der Waals surface area contributed by atoms with Crippen LogP contribution in [-0.2, 0) is 0 Å². The van der Waals surface area contributed by atoms with E-state index in [0.717, 1.165) is 11.1 Å². The van der Waals surface area contributed by atoms with Crippen molar-refractivity contribution in [2.24, 2.45) is 0 Å². The van der Waals surface area contributed by atoms with Gasteiger partial charge in [-0.2, -0.15) is 9.61 Å². The van der Waals surface area contributed by atoms with Crippen LogP contribution in [0.3, 0.4) is 0 Å². The zero-order valence-corrected chi connectivity index (χ0v) is 17.4. The van der Waals surface area contributed by atoms with Crippen molar-refractivity contribution in [2.75, 3.05) is 21.3 Å². The maximum absolute atomic E-state index is 6.31. The Bertz CT molecular complexity index is 1150. The van der Waals surface area contributed by atoms with E-state index in [1.807, 2.05) is 0 Å². The second kappa shape index (κ2) is 7.46. The van der Waals surface area contributed by atoms with Crippen LogP contribution < -0.4 is 14.2 Å². The predicted octanol–water partition coefficient (Wildman–Crippen LogP) is 4.85. The Balaban J connectivity index is 1.87. The Hall–Kier alpha value is -2.55. The summed E-state index contributed by atoms with van der Waals surface area (Å²) in [5.41, 5.74) is 1.46. The summed E-state index contributed by atoms with van der Waals surface area (Å²) in [6.45, 7) is 0. The van der Waals surface area contributed by atoms with Gasteiger partial charge in [-0.25, -0.2) is 0 Å². The van der Waals surface area contributed by atoms with E-state index in [1.54, 1.807) is 56.2 Å². The zero-order valence-electron chi connectivity index (χ0n) is 15.1. The molecule has 0 bridgehead atoms. The first-order valence-corrected chi connectivity index (χ1v) is 9.61. The van der Waals surface area contributed by atoms with Crippen LogP contribution in [0.25, 0.3) is 26.9 Å². The van der Waals surface area contributed by atoms with E-state index in [2.05, 4.69) is 15.3 Å². The van der Waals surface area contributed by atoms with Crippen molar-refractivity contribution in [2.45, 2.75) is 0 Å². The molecule has 0 N–H and O–H groups in total. The fourth-order valence-electron chi connectivity index (χ4n) is 2.78. The first kappa shape index (κ1) is 18.8. The van der Waals surface area contributed by atoms with Crippen LogP contribution in [0.1, 0.15) is 0 Å². The van der Waals surface area contributed by atoms with Crippen LogP contribution >= 0.6 is 34.5 Å². The molecule has 0 spiro atoms. The Labute approximate surface area is 174 Å². The summed E-state index contributed by atoms with van der Waals surface area (Å²) in [6.07, 6.45) is 0. The average Bonchev–Trinajstić information content (AvgIpc) is 3.29. The second-order valence-corrected chi connectivity index (χ2v) is 7.46. The van der Waals surface area contributed by atoms with E-state index in [-0.39, 0.29) is 0 Å². The van der Waals surface area contributed by atoms with E-state index in [0.29, 0.717) is 43.1 Å². The molecule has 2 heterocycles. The maximum atomic E-state index is 6.31. The van der Waals surface area contributed by atoms with E-state index in [4.69, 9.17) is 37.4 Å². The Morgan fingerprint density at radius 3 is 2.29 bits per heavy atom. The Morgan fingerprint density at radius 1 is 0.929 bits per heavy atom. The molecule has 4 aromatic rings. The molecule has 4 rings (SSSR count). The van der Waals surface area contributed by atoms with Gasteiger partial charge in [-0.3, -0.25) is 0 Å². The number of hydrogen-bond donors (Lipinski definition) is 0. The molecular weight excluding hydrogens is 423 g/mol. The molecule has 0 unspecified atom stereocenters. The minimum Gasteiger partial charge on any atom is -0.493 e. The van der Waals surface area contributed by atoms with Gasteiger partial charge in [0.15, 0.2) is 17.3 Å². The Morgan fingerprint density at radius 2 is 1.64 bits per heavy atom. The third-order valence-corrected chi connectivity index (χ3v) is 5.57. The molecule has 0 saturated carbocycles. The molecule has 7 nitrogen and oxygen atoms in total. The summed E-state index contributed by atoms with van der Waals surface area (Å²) < 4.78 is 17.9. The van der Waals surface area contributed by atoms with Gasteiger partial charge in [-0.15, -0.1) is 10.2 Å².